The molecule has 1 aliphatic heterocycles. The number of benzene rings is 1. The number of carbonyl (C=O) groups excluding carboxylic acids is 2. The largest absolute Gasteiger partial charge is 0.449 e. The minimum atomic E-state index is -0.522. The molecule has 0 spiro atoms. The molecule has 0 saturated heterocycles. The molecule has 1 aromatic carbocycles. The van der Waals surface area contributed by atoms with Gasteiger partial charge in [0.15, 0.2) is 0 Å². The minimum absolute atomic E-state index is 0.281. The lowest BCUT2D eigenvalue weighted by Gasteiger charge is -2.15. The lowest BCUT2D eigenvalue weighted by Crippen LogP contribution is -2.28. The Labute approximate surface area is 93.1 Å². The molecule has 82 valence electrons. The summed E-state index contributed by atoms with van der Waals surface area (Å²) in [6, 6.07) is 7.36. The molecule has 1 heterocycles. The predicted molar refractivity (Wildman–Crippen MR) is 58.9 cm³/mol. The summed E-state index contributed by atoms with van der Waals surface area (Å²) in [5, 5.41) is 0. The van der Waals surface area contributed by atoms with E-state index in [-0.39, 0.29) is 6.61 Å². The third kappa shape index (κ3) is 1.59. The summed E-state index contributed by atoms with van der Waals surface area (Å²) in [5.74, 6) is 1.79. The van der Waals surface area contributed by atoms with Gasteiger partial charge in [-0.2, -0.15) is 0 Å². The molecule has 1 aromatic rings. The van der Waals surface area contributed by atoms with Gasteiger partial charge in [0.05, 0.1) is 12.3 Å². The highest BCUT2D eigenvalue weighted by Gasteiger charge is 2.30. The Morgan fingerprint density at radius 1 is 1.50 bits per heavy atom. The molecule has 0 fully saturated rings. The topological polar surface area (TPSA) is 46.6 Å². The lowest BCUT2D eigenvalue weighted by molar-refractivity contribution is 0.162. The highest BCUT2D eigenvalue weighted by Crippen LogP contribution is 2.33. The van der Waals surface area contributed by atoms with E-state index in [1.54, 1.807) is 18.9 Å². The van der Waals surface area contributed by atoms with Gasteiger partial charge in [0.25, 0.3) is 0 Å². The fourth-order valence-electron chi connectivity index (χ4n) is 1.76. The van der Waals surface area contributed by atoms with Crippen LogP contribution in [0.3, 0.4) is 0 Å². The van der Waals surface area contributed by atoms with Gasteiger partial charge in [-0.1, -0.05) is 18.2 Å². The Bertz CT molecular complexity index is 475. The second kappa shape index (κ2) is 4.21. The van der Waals surface area contributed by atoms with Crippen LogP contribution < -0.4 is 4.90 Å². The van der Waals surface area contributed by atoms with Crippen molar-refractivity contribution >= 4 is 17.7 Å². The highest BCUT2D eigenvalue weighted by molar-refractivity contribution is 5.97. The van der Waals surface area contributed by atoms with Crippen molar-refractivity contribution in [2.75, 3.05) is 11.5 Å². The summed E-state index contributed by atoms with van der Waals surface area (Å²) >= 11 is 0. The van der Waals surface area contributed by atoms with Crippen LogP contribution in [0.15, 0.2) is 30.0 Å². The zero-order valence-electron chi connectivity index (χ0n) is 8.90. The Hall–Kier alpha value is -2.06. The number of allylic oxidation sites excluding steroid dienone is 1. The molecule has 1 aliphatic rings. The number of anilines is 1. The smallest absolute Gasteiger partial charge is 0.419 e. The average Bonchev–Trinajstić information content (AvgIpc) is 2.67. The van der Waals surface area contributed by atoms with Crippen LogP contribution in [0, 0.1) is 0 Å². The molecule has 0 atom stereocenters. The Morgan fingerprint density at radius 2 is 2.25 bits per heavy atom. The van der Waals surface area contributed by atoms with E-state index in [1.165, 1.54) is 4.90 Å². The van der Waals surface area contributed by atoms with Crippen molar-refractivity contribution in [1.29, 1.82) is 0 Å². The molecule has 16 heavy (non-hydrogen) atoms. The molecule has 0 bridgehead atoms. The van der Waals surface area contributed by atoms with Crippen LogP contribution in [0.25, 0.3) is 0 Å². The Balaban J connectivity index is 2.42. The number of hydrogen-bond acceptors (Lipinski definition) is 3. The standard InChI is InChI=1S/C12H11NO3/c1-2-16-12(15)13-10(8-14)7-9-5-3-4-6-11(9)13/h3-6H,2,7H2,1H3. The van der Waals surface area contributed by atoms with Crippen LogP contribution in [0.2, 0.25) is 0 Å². The number of nitrogens with zero attached hydrogens (tertiary/aromatic N) is 1. The van der Waals surface area contributed by atoms with Gasteiger partial charge >= 0.3 is 6.09 Å². The fourth-order valence-corrected chi connectivity index (χ4v) is 1.76. The SMILES string of the molecule is CCOC(=O)N1C(=C=O)Cc2ccccc21. The van der Waals surface area contributed by atoms with Crippen LogP contribution >= 0.6 is 0 Å². The summed E-state index contributed by atoms with van der Waals surface area (Å²) < 4.78 is 4.90. The van der Waals surface area contributed by atoms with Crippen molar-refractivity contribution in [2.45, 2.75) is 13.3 Å². The van der Waals surface area contributed by atoms with Crippen molar-refractivity contribution in [1.82, 2.24) is 0 Å². The maximum absolute atomic E-state index is 11.7. The normalized spacial score (nSPS) is 13.3. The van der Waals surface area contributed by atoms with Crippen LogP contribution in [0.1, 0.15) is 12.5 Å². The van der Waals surface area contributed by atoms with E-state index in [4.69, 9.17) is 4.74 Å². The van der Waals surface area contributed by atoms with Gasteiger partial charge in [0.1, 0.15) is 11.6 Å². The van der Waals surface area contributed by atoms with E-state index in [1.807, 2.05) is 18.2 Å². The van der Waals surface area contributed by atoms with Crippen molar-refractivity contribution in [2.24, 2.45) is 0 Å². The van der Waals surface area contributed by atoms with Crippen molar-refractivity contribution in [3.05, 3.63) is 35.5 Å². The summed E-state index contributed by atoms with van der Waals surface area (Å²) in [6.07, 6.45) is -0.0934. The van der Waals surface area contributed by atoms with Gasteiger partial charge in [-0.15, -0.1) is 0 Å². The van der Waals surface area contributed by atoms with E-state index in [0.717, 1.165) is 5.56 Å². The number of rotatable bonds is 1. The third-order valence-electron chi connectivity index (χ3n) is 2.43. The summed E-state index contributed by atoms with van der Waals surface area (Å²) in [7, 11) is 0. The summed E-state index contributed by atoms with van der Waals surface area (Å²) in [4.78, 5) is 23.7. The van der Waals surface area contributed by atoms with Gasteiger partial charge in [-0.3, -0.25) is 0 Å². The number of hydrogen-bond donors (Lipinski definition) is 0. The lowest BCUT2D eigenvalue weighted by atomic mass is 10.1. The molecule has 0 unspecified atom stereocenters. The number of ether oxygens (including phenoxy) is 1. The number of amides is 1. The minimum Gasteiger partial charge on any atom is -0.449 e. The van der Waals surface area contributed by atoms with Crippen LogP contribution in [0.5, 0.6) is 0 Å². The molecule has 0 aromatic heterocycles. The van der Waals surface area contributed by atoms with Gasteiger partial charge in [-0.05, 0) is 18.6 Å². The third-order valence-corrected chi connectivity index (χ3v) is 2.43. The van der Waals surface area contributed by atoms with Crippen molar-refractivity contribution in [3.8, 4) is 0 Å². The molecule has 0 radical (unpaired) electrons. The molecule has 4 heteroatoms. The van der Waals surface area contributed by atoms with E-state index in [9.17, 15) is 9.59 Å². The van der Waals surface area contributed by atoms with Gasteiger partial charge < -0.3 is 4.74 Å². The quantitative estimate of drug-likeness (QED) is 0.675. The molecule has 2 rings (SSSR count). The first-order chi connectivity index (χ1) is 7.77. The molecular formula is C12H11NO3. The molecule has 0 saturated carbocycles. The second-order valence-electron chi connectivity index (χ2n) is 3.39. The monoisotopic (exact) mass is 217 g/mol. The average molecular weight is 217 g/mol. The molecule has 0 aliphatic carbocycles. The zero-order chi connectivity index (χ0) is 11.5. The van der Waals surface area contributed by atoms with E-state index in [0.29, 0.717) is 17.8 Å². The summed E-state index contributed by atoms with van der Waals surface area (Å²) in [6.45, 7) is 2.01. The van der Waals surface area contributed by atoms with Crippen molar-refractivity contribution < 1.29 is 14.3 Å². The number of para-hydroxylation sites is 1. The molecule has 0 N–H and O–H groups in total. The van der Waals surface area contributed by atoms with E-state index < -0.39 is 6.09 Å². The van der Waals surface area contributed by atoms with E-state index in [2.05, 4.69) is 0 Å². The van der Waals surface area contributed by atoms with Crippen LogP contribution in [0.4, 0.5) is 10.5 Å². The maximum atomic E-state index is 11.7. The van der Waals surface area contributed by atoms with E-state index >= 15 is 0 Å². The summed E-state index contributed by atoms with van der Waals surface area (Å²) in [5.41, 5.74) is 1.95. The second-order valence-corrected chi connectivity index (χ2v) is 3.39. The van der Waals surface area contributed by atoms with Gasteiger partial charge in [-0.25, -0.2) is 14.5 Å². The number of fused-ring (bicyclic) bond motifs is 1. The Morgan fingerprint density at radius 3 is 2.94 bits per heavy atom. The fraction of sp³-hybridized carbons (Fsp3) is 0.250. The Kier molecular flexibility index (Phi) is 2.75. The molecule has 4 nitrogen and oxygen atoms in total. The molecular weight excluding hydrogens is 206 g/mol. The van der Waals surface area contributed by atoms with Gasteiger partial charge in [0.2, 0.25) is 0 Å². The number of carbonyl (C=O) groups is 1. The van der Waals surface area contributed by atoms with Crippen molar-refractivity contribution in [3.63, 3.8) is 0 Å². The zero-order valence-corrected chi connectivity index (χ0v) is 8.90. The van der Waals surface area contributed by atoms with Crippen LogP contribution in [-0.4, -0.2) is 18.6 Å². The first kappa shape index (κ1) is 10.5. The van der Waals surface area contributed by atoms with Crippen LogP contribution in [-0.2, 0) is 16.0 Å². The first-order valence-corrected chi connectivity index (χ1v) is 5.06. The maximum Gasteiger partial charge on any atom is 0.419 e. The first-order valence-electron chi connectivity index (χ1n) is 5.06. The predicted octanol–water partition coefficient (Wildman–Crippen LogP) is 1.92. The van der Waals surface area contributed by atoms with Gasteiger partial charge in [0, 0.05) is 6.42 Å². The highest BCUT2D eigenvalue weighted by atomic mass is 16.6. The molecule has 1 amide bonds.